The lowest BCUT2D eigenvalue weighted by Gasteiger charge is -2.26. The van der Waals surface area contributed by atoms with E-state index in [4.69, 9.17) is 9.47 Å². The van der Waals surface area contributed by atoms with Gasteiger partial charge in [0.2, 0.25) is 0 Å². The first kappa shape index (κ1) is 15.4. The van der Waals surface area contributed by atoms with Crippen molar-refractivity contribution in [3.63, 3.8) is 0 Å². The number of rotatable bonds is 4. The summed E-state index contributed by atoms with van der Waals surface area (Å²) in [6.07, 6.45) is 0.902. The lowest BCUT2D eigenvalue weighted by atomic mass is 10.0. The van der Waals surface area contributed by atoms with Crippen molar-refractivity contribution in [3.8, 4) is 22.8 Å². The van der Waals surface area contributed by atoms with Gasteiger partial charge in [-0.15, -0.1) is 10.2 Å². The summed E-state index contributed by atoms with van der Waals surface area (Å²) < 4.78 is 10.9. The van der Waals surface area contributed by atoms with Gasteiger partial charge in [0.15, 0.2) is 0 Å². The first-order chi connectivity index (χ1) is 12.3. The van der Waals surface area contributed by atoms with Gasteiger partial charge in [-0.25, -0.2) is 0 Å². The Hall–Kier alpha value is -3.08. The van der Waals surface area contributed by atoms with Crippen LogP contribution in [-0.2, 0) is 0 Å². The number of hydrogen-bond acceptors (Lipinski definition) is 5. The molecule has 5 nitrogen and oxygen atoms in total. The molecule has 0 spiro atoms. The summed E-state index contributed by atoms with van der Waals surface area (Å²) in [5, 5.41) is 12.1. The number of nitrogens with zero attached hydrogens (tertiary/aromatic N) is 2. The molecule has 1 N–H and O–H groups in total. The molecule has 1 unspecified atom stereocenters. The van der Waals surface area contributed by atoms with Gasteiger partial charge < -0.3 is 14.8 Å². The minimum Gasteiger partial charge on any atom is -0.497 e. The second-order valence-corrected chi connectivity index (χ2v) is 5.90. The Morgan fingerprint density at radius 2 is 1.84 bits per heavy atom. The molecule has 2 heterocycles. The fourth-order valence-corrected chi connectivity index (χ4v) is 3.00. The molecule has 1 aliphatic rings. The zero-order chi connectivity index (χ0) is 17.1. The second kappa shape index (κ2) is 6.81. The van der Waals surface area contributed by atoms with Crippen LogP contribution in [0.15, 0.2) is 60.7 Å². The van der Waals surface area contributed by atoms with Gasteiger partial charge in [-0.2, -0.15) is 0 Å². The Labute approximate surface area is 146 Å². The maximum absolute atomic E-state index is 5.70. The van der Waals surface area contributed by atoms with E-state index in [1.807, 2.05) is 54.6 Å². The zero-order valence-electron chi connectivity index (χ0n) is 14.0. The third kappa shape index (κ3) is 3.26. The Balaban J connectivity index is 1.51. The molecular weight excluding hydrogens is 314 g/mol. The number of aromatic nitrogens is 2. The van der Waals surface area contributed by atoms with Crippen LogP contribution >= 0.6 is 0 Å². The largest absolute Gasteiger partial charge is 0.497 e. The monoisotopic (exact) mass is 333 g/mol. The quantitative estimate of drug-likeness (QED) is 0.779. The summed E-state index contributed by atoms with van der Waals surface area (Å²) in [5.74, 6) is 2.53. The highest BCUT2D eigenvalue weighted by Crippen LogP contribution is 2.33. The standard InChI is InChI=1S/C20H19N3O2/c1-24-15-8-6-14(7-9-15)17-10-11-20(23-22-17)21-18-12-13-25-19-5-3-2-4-16(18)19/h2-11,18H,12-13H2,1H3,(H,21,23). The van der Waals surface area contributed by atoms with Crippen molar-refractivity contribution < 1.29 is 9.47 Å². The van der Waals surface area contributed by atoms with Crippen molar-refractivity contribution in [3.05, 3.63) is 66.2 Å². The highest BCUT2D eigenvalue weighted by Gasteiger charge is 2.21. The molecule has 5 heteroatoms. The van der Waals surface area contributed by atoms with Gasteiger partial charge in [0, 0.05) is 17.5 Å². The fourth-order valence-electron chi connectivity index (χ4n) is 3.00. The highest BCUT2D eigenvalue weighted by molar-refractivity contribution is 5.60. The number of methoxy groups -OCH3 is 1. The molecule has 0 bridgehead atoms. The van der Waals surface area contributed by atoms with Crippen molar-refractivity contribution in [1.29, 1.82) is 0 Å². The van der Waals surface area contributed by atoms with Gasteiger partial charge in [0.05, 0.1) is 25.5 Å². The molecule has 1 atom stereocenters. The number of benzene rings is 2. The van der Waals surface area contributed by atoms with Crippen LogP contribution in [0.3, 0.4) is 0 Å². The summed E-state index contributed by atoms with van der Waals surface area (Å²) >= 11 is 0. The van der Waals surface area contributed by atoms with Crippen molar-refractivity contribution >= 4 is 5.82 Å². The molecule has 0 saturated carbocycles. The summed E-state index contributed by atoms with van der Waals surface area (Å²) in [5.41, 5.74) is 3.01. The van der Waals surface area contributed by atoms with E-state index in [-0.39, 0.29) is 6.04 Å². The van der Waals surface area contributed by atoms with Crippen LogP contribution in [0.4, 0.5) is 5.82 Å². The Bertz CT molecular complexity index is 848. The average molecular weight is 333 g/mol. The average Bonchev–Trinajstić information content (AvgIpc) is 2.69. The summed E-state index contributed by atoms with van der Waals surface area (Å²) in [6.45, 7) is 0.700. The van der Waals surface area contributed by atoms with Crippen molar-refractivity contribution in [1.82, 2.24) is 10.2 Å². The molecule has 0 radical (unpaired) electrons. The number of fused-ring (bicyclic) bond motifs is 1. The second-order valence-electron chi connectivity index (χ2n) is 5.90. The number of ether oxygens (including phenoxy) is 2. The predicted octanol–water partition coefficient (Wildman–Crippen LogP) is 4.09. The van der Waals surface area contributed by atoms with Crippen LogP contribution in [0.1, 0.15) is 18.0 Å². The number of hydrogen-bond donors (Lipinski definition) is 1. The van der Waals surface area contributed by atoms with Crippen LogP contribution in [0.5, 0.6) is 11.5 Å². The summed E-state index contributed by atoms with van der Waals surface area (Å²) in [4.78, 5) is 0. The molecule has 0 fully saturated rings. The molecule has 2 aromatic carbocycles. The lowest BCUT2D eigenvalue weighted by molar-refractivity contribution is 0.274. The van der Waals surface area contributed by atoms with E-state index in [2.05, 4.69) is 21.6 Å². The van der Waals surface area contributed by atoms with Gasteiger partial charge in [0.1, 0.15) is 17.3 Å². The Morgan fingerprint density at radius 3 is 2.60 bits per heavy atom. The Kier molecular flexibility index (Phi) is 4.21. The maximum atomic E-state index is 5.70. The van der Waals surface area contributed by atoms with Gasteiger partial charge >= 0.3 is 0 Å². The van der Waals surface area contributed by atoms with E-state index in [1.165, 1.54) is 0 Å². The molecular formula is C20H19N3O2. The SMILES string of the molecule is COc1ccc(-c2ccc(NC3CCOc4ccccc43)nn2)cc1. The van der Waals surface area contributed by atoms with Crippen molar-refractivity contribution in [2.75, 3.05) is 19.0 Å². The lowest BCUT2D eigenvalue weighted by Crippen LogP contribution is -2.20. The van der Waals surface area contributed by atoms with Crippen LogP contribution in [0, 0.1) is 0 Å². The van der Waals surface area contributed by atoms with Crippen molar-refractivity contribution in [2.24, 2.45) is 0 Å². The fraction of sp³-hybridized carbons (Fsp3) is 0.200. The van der Waals surface area contributed by atoms with Gasteiger partial charge in [-0.05, 0) is 42.5 Å². The van der Waals surface area contributed by atoms with Crippen LogP contribution in [0.25, 0.3) is 11.3 Å². The molecule has 0 aliphatic carbocycles. The third-order valence-corrected chi connectivity index (χ3v) is 4.33. The first-order valence-corrected chi connectivity index (χ1v) is 8.30. The minimum absolute atomic E-state index is 0.186. The highest BCUT2D eigenvalue weighted by atomic mass is 16.5. The first-order valence-electron chi connectivity index (χ1n) is 8.30. The molecule has 0 saturated heterocycles. The third-order valence-electron chi connectivity index (χ3n) is 4.33. The van der Waals surface area contributed by atoms with E-state index < -0.39 is 0 Å². The smallest absolute Gasteiger partial charge is 0.149 e. The van der Waals surface area contributed by atoms with Crippen LogP contribution < -0.4 is 14.8 Å². The molecule has 0 amide bonds. The van der Waals surface area contributed by atoms with E-state index >= 15 is 0 Å². The summed E-state index contributed by atoms with van der Waals surface area (Å²) in [7, 11) is 1.66. The van der Waals surface area contributed by atoms with Gasteiger partial charge in [0.25, 0.3) is 0 Å². The zero-order valence-corrected chi connectivity index (χ0v) is 14.0. The van der Waals surface area contributed by atoms with E-state index in [1.54, 1.807) is 7.11 Å². The molecule has 25 heavy (non-hydrogen) atoms. The minimum atomic E-state index is 0.186. The molecule has 3 aromatic rings. The van der Waals surface area contributed by atoms with Crippen molar-refractivity contribution in [2.45, 2.75) is 12.5 Å². The van der Waals surface area contributed by atoms with Gasteiger partial charge in [-0.3, -0.25) is 0 Å². The number of nitrogens with one attached hydrogen (secondary N) is 1. The molecule has 1 aromatic heterocycles. The van der Waals surface area contributed by atoms with E-state index in [0.717, 1.165) is 40.6 Å². The predicted molar refractivity (Wildman–Crippen MR) is 96.9 cm³/mol. The van der Waals surface area contributed by atoms with Crippen LogP contribution in [0.2, 0.25) is 0 Å². The topological polar surface area (TPSA) is 56.3 Å². The van der Waals surface area contributed by atoms with Gasteiger partial charge in [-0.1, -0.05) is 18.2 Å². The number of para-hydroxylation sites is 1. The molecule has 126 valence electrons. The van der Waals surface area contributed by atoms with Crippen LogP contribution in [-0.4, -0.2) is 23.9 Å². The van der Waals surface area contributed by atoms with E-state index in [9.17, 15) is 0 Å². The molecule has 1 aliphatic heterocycles. The van der Waals surface area contributed by atoms with E-state index in [0.29, 0.717) is 6.61 Å². The Morgan fingerprint density at radius 1 is 1.00 bits per heavy atom. The number of anilines is 1. The molecule has 4 rings (SSSR count). The normalized spacial score (nSPS) is 15.8. The summed E-state index contributed by atoms with van der Waals surface area (Å²) in [6, 6.07) is 20.0. The maximum Gasteiger partial charge on any atom is 0.149 e.